The van der Waals surface area contributed by atoms with Gasteiger partial charge in [-0.05, 0) is 44.8 Å². The van der Waals surface area contributed by atoms with E-state index in [-0.39, 0.29) is 17.0 Å². The molecule has 1 fully saturated rings. The maximum atomic E-state index is 9.79. The summed E-state index contributed by atoms with van der Waals surface area (Å²) < 4.78 is 12.0. The summed E-state index contributed by atoms with van der Waals surface area (Å²) in [6.07, 6.45) is 3.49. The van der Waals surface area contributed by atoms with Gasteiger partial charge in [0.25, 0.3) is 0 Å². The second-order valence-electron chi connectivity index (χ2n) is 6.72. The number of aromatic amines is 1. The summed E-state index contributed by atoms with van der Waals surface area (Å²) in [5, 5.41) is 10.7. The number of aliphatic hydroxyl groups is 1. The van der Waals surface area contributed by atoms with Gasteiger partial charge in [0.05, 0.1) is 23.2 Å². The molecule has 3 heterocycles. The molecule has 0 bridgehead atoms. The first kappa shape index (κ1) is 17.7. The quantitative estimate of drug-likeness (QED) is 0.493. The van der Waals surface area contributed by atoms with Gasteiger partial charge in [-0.1, -0.05) is 17.7 Å². The van der Waals surface area contributed by atoms with Crippen LogP contribution in [0.15, 0.2) is 11.7 Å². The molecule has 0 aromatic carbocycles. The Morgan fingerprint density at radius 1 is 1.25 bits per heavy atom. The molecule has 128 valence electrons. The van der Waals surface area contributed by atoms with Crippen LogP contribution in [0.3, 0.4) is 0 Å². The van der Waals surface area contributed by atoms with Gasteiger partial charge in [-0.2, -0.15) is 4.98 Å². The molecule has 9 heteroatoms. The van der Waals surface area contributed by atoms with Crippen LogP contribution in [0.4, 0.5) is 0 Å². The lowest BCUT2D eigenvalue weighted by Crippen LogP contribution is -2.41. The van der Waals surface area contributed by atoms with Crippen molar-refractivity contribution in [2.45, 2.75) is 38.9 Å². The molecule has 6 nitrogen and oxygen atoms in total. The molecular weight excluding hydrogens is 352 g/mol. The summed E-state index contributed by atoms with van der Waals surface area (Å²) in [4.78, 5) is 11.0. The number of nitrogens with zero attached hydrogens (tertiary/aromatic N) is 2. The van der Waals surface area contributed by atoms with E-state index in [9.17, 15) is 5.11 Å². The van der Waals surface area contributed by atoms with Crippen molar-refractivity contribution >= 4 is 47.4 Å². The maximum Gasteiger partial charge on any atom is 0.492 e. The van der Waals surface area contributed by atoms with Crippen LogP contribution < -0.4 is 0 Å². The van der Waals surface area contributed by atoms with Gasteiger partial charge in [0.2, 0.25) is 5.28 Å². The van der Waals surface area contributed by atoms with Crippen molar-refractivity contribution in [1.82, 2.24) is 15.0 Å². The van der Waals surface area contributed by atoms with Crippen molar-refractivity contribution in [3.63, 3.8) is 0 Å². The number of hydrogen-bond donors (Lipinski definition) is 2. The highest BCUT2D eigenvalue weighted by Crippen LogP contribution is 2.39. The average Bonchev–Trinajstić information content (AvgIpc) is 2.94. The summed E-state index contributed by atoms with van der Waals surface area (Å²) in [6.45, 7) is 7.62. The van der Waals surface area contributed by atoms with Gasteiger partial charge in [-0.15, -0.1) is 0 Å². The molecule has 1 saturated heterocycles. The van der Waals surface area contributed by atoms with Crippen LogP contribution in [0, 0.1) is 0 Å². The van der Waals surface area contributed by atoms with Gasteiger partial charge in [-0.25, -0.2) is 4.98 Å². The third kappa shape index (κ3) is 2.95. The van der Waals surface area contributed by atoms with Crippen LogP contribution >= 0.6 is 23.2 Å². The third-order valence-corrected chi connectivity index (χ3v) is 5.01. The van der Waals surface area contributed by atoms with E-state index in [2.05, 4.69) is 15.0 Å². The van der Waals surface area contributed by atoms with Crippen molar-refractivity contribution in [2.75, 3.05) is 6.61 Å². The standard InChI is InChI=1S/C15H18BCl2N3O3/c1-14(2)15(3,4)24-16(23-14)9(7-22)5-8-6-19-12-10(8)11(17)20-13(18)21-12/h5-6,22H,7H2,1-4H3,(H,19,20,21). The Bertz CT molecular complexity index is 804. The van der Waals surface area contributed by atoms with Crippen LogP contribution in [0.5, 0.6) is 0 Å². The fraction of sp³-hybridized carbons (Fsp3) is 0.467. The van der Waals surface area contributed by atoms with Crippen LogP contribution in [0.25, 0.3) is 17.1 Å². The van der Waals surface area contributed by atoms with E-state index in [1.54, 1.807) is 12.3 Å². The number of aromatic nitrogens is 3. The fourth-order valence-electron chi connectivity index (χ4n) is 2.48. The second kappa shape index (κ2) is 6.00. The first-order chi connectivity index (χ1) is 11.1. The van der Waals surface area contributed by atoms with Gasteiger partial charge in [0, 0.05) is 11.8 Å². The summed E-state index contributed by atoms with van der Waals surface area (Å²) in [6, 6.07) is 0. The van der Waals surface area contributed by atoms with Crippen molar-refractivity contribution in [2.24, 2.45) is 0 Å². The molecule has 0 amide bonds. The number of hydrogen-bond acceptors (Lipinski definition) is 5. The number of halogens is 2. The maximum absolute atomic E-state index is 9.79. The fourth-order valence-corrected chi connectivity index (χ4v) is 2.97. The number of fused-ring (bicyclic) bond motifs is 1. The highest BCUT2D eigenvalue weighted by molar-refractivity contribution is 6.56. The molecule has 1 aliphatic rings. The Morgan fingerprint density at radius 2 is 1.88 bits per heavy atom. The largest absolute Gasteiger partial charge is 0.492 e. The van der Waals surface area contributed by atoms with Gasteiger partial charge in [-0.3, -0.25) is 0 Å². The van der Waals surface area contributed by atoms with E-state index in [4.69, 9.17) is 32.5 Å². The number of aliphatic hydroxyl groups excluding tert-OH is 1. The van der Waals surface area contributed by atoms with Crippen LogP contribution in [0.1, 0.15) is 33.3 Å². The minimum absolute atomic E-state index is 0.0678. The number of rotatable bonds is 3. The number of nitrogens with one attached hydrogen (secondary N) is 1. The van der Waals surface area contributed by atoms with Crippen molar-refractivity contribution in [3.05, 3.63) is 27.7 Å². The van der Waals surface area contributed by atoms with E-state index in [0.29, 0.717) is 16.5 Å². The van der Waals surface area contributed by atoms with Crippen LogP contribution in [-0.4, -0.2) is 45.0 Å². The minimum Gasteiger partial charge on any atom is -0.400 e. The van der Waals surface area contributed by atoms with E-state index < -0.39 is 18.3 Å². The molecule has 0 saturated carbocycles. The zero-order valence-electron chi connectivity index (χ0n) is 13.9. The molecule has 3 rings (SSSR count). The molecule has 0 atom stereocenters. The monoisotopic (exact) mass is 369 g/mol. The highest BCUT2D eigenvalue weighted by atomic mass is 35.5. The highest BCUT2D eigenvalue weighted by Gasteiger charge is 2.52. The lowest BCUT2D eigenvalue weighted by atomic mass is 9.77. The lowest BCUT2D eigenvalue weighted by molar-refractivity contribution is 0.00578. The van der Waals surface area contributed by atoms with E-state index >= 15 is 0 Å². The van der Waals surface area contributed by atoms with E-state index in [1.807, 2.05) is 27.7 Å². The molecule has 2 N–H and O–H groups in total. The Balaban J connectivity index is 2.01. The van der Waals surface area contributed by atoms with Gasteiger partial charge in [0.1, 0.15) is 10.8 Å². The smallest absolute Gasteiger partial charge is 0.400 e. The molecule has 2 aromatic heterocycles. The van der Waals surface area contributed by atoms with Crippen molar-refractivity contribution < 1.29 is 14.4 Å². The first-order valence-corrected chi connectivity index (χ1v) is 8.27. The molecular formula is C15H18BCl2N3O3. The summed E-state index contributed by atoms with van der Waals surface area (Å²) in [5.74, 6) is 0. The van der Waals surface area contributed by atoms with Gasteiger partial charge < -0.3 is 19.4 Å². The normalized spacial score (nSPS) is 20.1. The predicted octanol–water partition coefficient (Wildman–Crippen LogP) is 3.27. The van der Waals surface area contributed by atoms with Crippen molar-refractivity contribution in [3.8, 4) is 0 Å². The van der Waals surface area contributed by atoms with Crippen LogP contribution in [0.2, 0.25) is 10.4 Å². The predicted molar refractivity (Wildman–Crippen MR) is 95.1 cm³/mol. The van der Waals surface area contributed by atoms with Crippen molar-refractivity contribution in [1.29, 1.82) is 0 Å². The molecule has 0 aliphatic carbocycles. The Kier molecular flexibility index (Phi) is 4.43. The molecule has 1 aliphatic heterocycles. The molecule has 0 radical (unpaired) electrons. The van der Waals surface area contributed by atoms with Crippen LogP contribution in [-0.2, 0) is 9.31 Å². The summed E-state index contributed by atoms with van der Waals surface area (Å²) >= 11 is 12.0. The third-order valence-electron chi connectivity index (χ3n) is 4.57. The second-order valence-corrected chi connectivity index (χ2v) is 7.41. The van der Waals surface area contributed by atoms with Gasteiger partial charge >= 0.3 is 7.12 Å². The lowest BCUT2D eigenvalue weighted by Gasteiger charge is -2.32. The van der Waals surface area contributed by atoms with E-state index in [1.165, 1.54) is 0 Å². The SMILES string of the molecule is CC1(C)OB(C(=Cc2c[nH]c3nc(Cl)nc(Cl)c23)CO)OC1(C)C. The Labute approximate surface area is 150 Å². The molecule has 0 spiro atoms. The average molecular weight is 370 g/mol. The zero-order valence-corrected chi connectivity index (χ0v) is 15.4. The van der Waals surface area contributed by atoms with E-state index in [0.717, 1.165) is 5.56 Å². The Morgan fingerprint density at radius 3 is 2.46 bits per heavy atom. The summed E-state index contributed by atoms with van der Waals surface area (Å²) in [7, 11) is -0.642. The number of H-pyrrole nitrogens is 1. The minimum atomic E-state index is -0.642. The topological polar surface area (TPSA) is 80.3 Å². The first-order valence-electron chi connectivity index (χ1n) is 7.52. The molecule has 0 unspecified atom stereocenters. The zero-order chi connectivity index (χ0) is 17.7. The Hall–Kier alpha value is -1.12. The van der Waals surface area contributed by atoms with Gasteiger partial charge in [0.15, 0.2) is 0 Å². The molecule has 2 aromatic rings. The summed E-state index contributed by atoms with van der Waals surface area (Å²) in [5.41, 5.74) is 0.865. The molecule has 24 heavy (non-hydrogen) atoms.